The molecular weight excluding hydrogens is 279 g/mol. The van der Waals surface area contributed by atoms with Crippen LogP contribution in [0, 0.1) is 5.92 Å². The van der Waals surface area contributed by atoms with Crippen LogP contribution in [0.15, 0.2) is 18.3 Å². The lowest BCUT2D eigenvalue weighted by Gasteiger charge is -2.34. The van der Waals surface area contributed by atoms with Crippen molar-refractivity contribution in [2.75, 3.05) is 24.5 Å². The van der Waals surface area contributed by atoms with Crippen LogP contribution in [0.1, 0.15) is 32.3 Å². The molecule has 2 rings (SSSR count). The van der Waals surface area contributed by atoms with Crippen molar-refractivity contribution in [3.05, 3.63) is 23.9 Å². The monoisotopic (exact) mass is 301 g/mol. The van der Waals surface area contributed by atoms with Gasteiger partial charge in [-0.15, -0.1) is 0 Å². The van der Waals surface area contributed by atoms with Gasteiger partial charge in [-0.25, -0.2) is 4.98 Å². The Morgan fingerprint density at radius 2 is 2.14 bits per heavy atom. The molecule has 1 unspecified atom stereocenters. The number of alkyl halides is 3. The fourth-order valence-electron chi connectivity index (χ4n) is 2.58. The molecule has 1 aliphatic rings. The minimum absolute atomic E-state index is 0.449. The van der Waals surface area contributed by atoms with Crippen LogP contribution in [0.4, 0.5) is 19.0 Å². The summed E-state index contributed by atoms with van der Waals surface area (Å²) < 4.78 is 37.6. The molecule has 1 aliphatic heterocycles. The summed E-state index contributed by atoms with van der Waals surface area (Å²) in [6, 6.07) is 3.03. The van der Waals surface area contributed by atoms with E-state index < -0.39 is 11.7 Å². The van der Waals surface area contributed by atoms with Gasteiger partial charge < -0.3 is 10.2 Å². The number of aromatic nitrogens is 1. The SMILES string of the molecule is CC(C)NCC1CCCN(c2ccc(C(F)(F)F)cn2)C1. The second kappa shape index (κ2) is 6.64. The molecule has 1 fully saturated rings. The Morgan fingerprint density at radius 1 is 1.38 bits per heavy atom. The van der Waals surface area contributed by atoms with E-state index in [1.54, 1.807) is 0 Å². The van der Waals surface area contributed by atoms with Crippen LogP contribution in [0.5, 0.6) is 0 Å². The third kappa shape index (κ3) is 4.59. The van der Waals surface area contributed by atoms with Gasteiger partial charge in [-0.2, -0.15) is 13.2 Å². The predicted octanol–water partition coefficient (Wildman–Crippen LogP) is 3.31. The second-order valence-electron chi connectivity index (χ2n) is 5.92. The molecule has 6 heteroatoms. The lowest BCUT2D eigenvalue weighted by molar-refractivity contribution is -0.137. The van der Waals surface area contributed by atoms with Crippen LogP contribution in [0.25, 0.3) is 0 Å². The zero-order chi connectivity index (χ0) is 15.5. The van der Waals surface area contributed by atoms with E-state index in [-0.39, 0.29) is 0 Å². The minimum Gasteiger partial charge on any atom is -0.356 e. The van der Waals surface area contributed by atoms with Gasteiger partial charge in [0.2, 0.25) is 0 Å². The van der Waals surface area contributed by atoms with Gasteiger partial charge >= 0.3 is 6.18 Å². The summed E-state index contributed by atoms with van der Waals surface area (Å²) in [5, 5.41) is 3.42. The molecule has 1 aromatic heterocycles. The van der Waals surface area contributed by atoms with Crippen molar-refractivity contribution in [2.45, 2.75) is 38.9 Å². The number of rotatable bonds is 4. The Hall–Kier alpha value is -1.30. The first-order chi connectivity index (χ1) is 9.86. The van der Waals surface area contributed by atoms with E-state index in [1.165, 1.54) is 6.07 Å². The fraction of sp³-hybridized carbons (Fsp3) is 0.667. The zero-order valence-corrected chi connectivity index (χ0v) is 12.5. The van der Waals surface area contributed by atoms with Crippen molar-refractivity contribution in [1.29, 1.82) is 0 Å². The fourth-order valence-corrected chi connectivity index (χ4v) is 2.58. The normalized spacial score (nSPS) is 20.1. The Bertz CT molecular complexity index is 442. The highest BCUT2D eigenvalue weighted by molar-refractivity contribution is 5.40. The number of halogens is 3. The number of nitrogens with one attached hydrogen (secondary N) is 1. The van der Waals surface area contributed by atoms with Crippen molar-refractivity contribution in [3.63, 3.8) is 0 Å². The van der Waals surface area contributed by atoms with Gasteiger partial charge in [-0.3, -0.25) is 0 Å². The first-order valence-corrected chi connectivity index (χ1v) is 7.38. The average molecular weight is 301 g/mol. The maximum atomic E-state index is 12.5. The maximum Gasteiger partial charge on any atom is 0.417 e. The average Bonchev–Trinajstić information content (AvgIpc) is 2.45. The Kier molecular flexibility index (Phi) is 5.08. The quantitative estimate of drug-likeness (QED) is 0.925. The lowest BCUT2D eigenvalue weighted by atomic mass is 9.97. The molecule has 0 radical (unpaired) electrons. The number of nitrogens with zero attached hydrogens (tertiary/aromatic N) is 2. The number of pyridine rings is 1. The van der Waals surface area contributed by atoms with E-state index in [2.05, 4.69) is 29.0 Å². The summed E-state index contributed by atoms with van der Waals surface area (Å²) in [7, 11) is 0. The van der Waals surface area contributed by atoms with E-state index >= 15 is 0 Å². The van der Waals surface area contributed by atoms with Crippen LogP contribution < -0.4 is 10.2 Å². The lowest BCUT2D eigenvalue weighted by Crippen LogP contribution is -2.41. The zero-order valence-electron chi connectivity index (χ0n) is 12.5. The molecule has 0 aliphatic carbocycles. The molecule has 21 heavy (non-hydrogen) atoms. The Labute approximate surface area is 123 Å². The molecule has 1 aromatic rings. The third-order valence-corrected chi connectivity index (χ3v) is 3.73. The summed E-state index contributed by atoms with van der Waals surface area (Å²) in [5.41, 5.74) is -0.693. The molecule has 1 N–H and O–H groups in total. The van der Waals surface area contributed by atoms with Crippen LogP contribution in [0.2, 0.25) is 0 Å². The molecule has 0 spiro atoms. The molecule has 0 saturated carbocycles. The van der Waals surface area contributed by atoms with Gasteiger partial charge in [0.15, 0.2) is 0 Å². The van der Waals surface area contributed by atoms with Crippen LogP contribution >= 0.6 is 0 Å². The van der Waals surface area contributed by atoms with Crippen LogP contribution in [-0.4, -0.2) is 30.7 Å². The van der Waals surface area contributed by atoms with E-state index in [4.69, 9.17) is 0 Å². The summed E-state index contributed by atoms with van der Waals surface area (Å²) in [6.45, 7) is 6.86. The molecule has 118 valence electrons. The van der Waals surface area contributed by atoms with E-state index in [0.717, 1.165) is 44.7 Å². The van der Waals surface area contributed by atoms with E-state index in [1.807, 2.05) is 0 Å². The van der Waals surface area contributed by atoms with E-state index in [0.29, 0.717) is 17.8 Å². The maximum absolute atomic E-state index is 12.5. The highest BCUT2D eigenvalue weighted by atomic mass is 19.4. The smallest absolute Gasteiger partial charge is 0.356 e. The molecule has 1 atom stereocenters. The minimum atomic E-state index is -4.32. The topological polar surface area (TPSA) is 28.2 Å². The van der Waals surface area contributed by atoms with Gasteiger partial charge in [0.25, 0.3) is 0 Å². The first kappa shape index (κ1) is 16.1. The summed E-state index contributed by atoms with van der Waals surface area (Å²) >= 11 is 0. The molecular formula is C15H22F3N3. The largest absolute Gasteiger partial charge is 0.417 e. The van der Waals surface area contributed by atoms with Gasteiger partial charge in [-0.05, 0) is 37.4 Å². The Morgan fingerprint density at radius 3 is 2.71 bits per heavy atom. The Balaban J connectivity index is 1.97. The number of hydrogen-bond donors (Lipinski definition) is 1. The first-order valence-electron chi connectivity index (χ1n) is 7.38. The molecule has 0 amide bonds. The van der Waals surface area contributed by atoms with Gasteiger partial charge in [0.1, 0.15) is 5.82 Å². The van der Waals surface area contributed by atoms with Crippen molar-refractivity contribution >= 4 is 5.82 Å². The van der Waals surface area contributed by atoms with Crippen molar-refractivity contribution in [1.82, 2.24) is 10.3 Å². The van der Waals surface area contributed by atoms with Crippen LogP contribution in [-0.2, 0) is 6.18 Å². The van der Waals surface area contributed by atoms with Crippen LogP contribution in [0.3, 0.4) is 0 Å². The summed E-state index contributed by atoms with van der Waals surface area (Å²) in [6.07, 6.45) is -1.20. The van der Waals surface area contributed by atoms with Crippen molar-refractivity contribution in [2.24, 2.45) is 5.92 Å². The number of piperidine rings is 1. The molecule has 0 aromatic carbocycles. The second-order valence-corrected chi connectivity index (χ2v) is 5.92. The standard InChI is InChI=1S/C15H22F3N3/c1-11(2)19-8-12-4-3-7-21(10-12)14-6-5-13(9-20-14)15(16,17)18/h5-6,9,11-12,19H,3-4,7-8,10H2,1-2H3. The van der Waals surface area contributed by atoms with Gasteiger partial charge in [0.05, 0.1) is 5.56 Å². The van der Waals surface area contributed by atoms with Gasteiger partial charge in [0, 0.05) is 25.3 Å². The molecule has 1 saturated heterocycles. The third-order valence-electron chi connectivity index (χ3n) is 3.73. The highest BCUT2D eigenvalue weighted by Crippen LogP contribution is 2.30. The number of anilines is 1. The van der Waals surface area contributed by atoms with Gasteiger partial charge in [-0.1, -0.05) is 13.8 Å². The summed E-state index contributed by atoms with van der Waals surface area (Å²) in [4.78, 5) is 6.06. The molecule has 3 nitrogen and oxygen atoms in total. The van der Waals surface area contributed by atoms with E-state index in [9.17, 15) is 13.2 Å². The predicted molar refractivity (Wildman–Crippen MR) is 77.3 cm³/mol. The highest BCUT2D eigenvalue weighted by Gasteiger charge is 2.31. The molecule has 2 heterocycles. The van der Waals surface area contributed by atoms with Crippen molar-refractivity contribution in [3.8, 4) is 0 Å². The number of hydrogen-bond acceptors (Lipinski definition) is 3. The van der Waals surface area contributed by atoms with Crippen molar-refractivity contribution < 1.29 is 13.2 Å². The molecule has 0 bridgehead atoms. The summed E-state index contributed by atoms with van der Waals surface area (Å²) in [5.74, 6) is 1.16.